The first-order valence-electron chi connectivity index (χ1n) is 7.78. The normalized spacial score (nSPS) is 13.2. The summed E-state index contributed by atoms with van der Waals surface area (Å²) in [6, 6.07) is 15.1. The largest absolute Gasteiger partial charge is 0.481 e. The summed E-state index contributed by atoms with van der Waals surface area (Å²) in [6.07, 6.45) is 0.0419. The Kier molecular flexibility index (Phi) is 6.05. The molecule has 0 spiro atoms. The zero-order valence-corrected chi connectivity index (χ0v) is 14.4. The van der Waals surface area contributed by atoms with Crippen molar-refractivity contribution < 1.29 is 9.53 Å². The molecule has 0 aliphatic rings. The molecule has 2 atom stereocenters. The Balaban J connectivity index is 2.00. The second-order valence-corrected chi connectivity index (χ2v) is 6.05. The molecule has 0 radical (unpaired) electrons. The molecule has 0 aromatic heterocycles. The Morgan fingerprint density at radius 3 is 2.52 bits per heavy atom. The molecule has 0 saturated carbocycles. The van der Waals surface area contributed by atoms with Crippen LogP contribution in [0.4, 0.5) is 0 Å². The zero-order valence-electron chi connectivity index (χ0n) is 13.7. The van der Waals surface area contributed by atoms with Crippen LogP contribution in [0.2, 0.25) is 5.02 Å². The zero-order chi connectivity index (χ0) is 16.8. The molecular weight excluding hydrogens is 310 g/mol. The van der Waals surface area contributed by atoms with Gasteiger partial charge in [0.15, 0.2) is 6.10 Å². The van der Waals surface area contributed by atoms with Crippen LogP contribution in [0.15, 0.2) is 48.5 Å². The van der Waals surface area contributed by atoms with Crippen LogP contribution in [0.1, 0.15) is 37.4 Å². The molecule has 0 fully saturated rings. The maximum atomic E-state index is 12.4. The minimum absolute atomic E-state index is 0.0693. The van der Waals surface area contributed by atoms with Gasteiger partial charge in [0.1, 0.15) is 5.75 Å². The lowest BCUT2D eigenvalue weighted by Crippen LogP contribution is -2.39. The third-order valence-corrected chi connectivity index (χ3v) is 3.91. The van der Waals surface area contributed by atoms with E-state index in [1.165, 1.54) is 5.56 Å². The lowest BCUT2D eigenvalue weighted by molar-refractivity contribution is -0.128. The molecule has 2 aromatic rings. The summed E-state index contributed by atoms with van der Waals surface area (Å²) in [4.78, 5) is 12.4. The topological polar surface area (TPSA) is 38.3 Å². The number of benzene rings is 2. The van der Waals surface area contributed by atoms with E-state index in [0.29, 0.717) is 17.2 Å². The average Bonchev–Trinajstić information content (AvgIpc) is 2.53. The molecule has 0 heterocycles. The Morgan fingerprint density at radius 1 is 1.22 bits per heavy atom. The summed E-state index contributed by atoms with van der Waals surface area (Å²) in [5.74, 6) is 0.475. The maximum Gasteiger partial charge on any atom is 0.261 e. The van der Waals surface area contributed by atoms with Crippen LogP contribution in [0.3, 0.4) is 0 Å². The van der Waals surface area contributed by atoms with E-state index >= 15 is 0 Å². The second-order valence-electron chi connectivity index (χ2n) is 5.61. The van der Waals surface area contributed by atoms with Gasteiger partial charge in [-0.3, -0.25) is 4.79 Å². The summed E-state index contributed by atoms with van der Waals surface area (Å²) in [5.41, 5.74) is 2.27. The molecule has 2 aromatic carbocycles. The van der Waals surface area contributed by atoms with E-state index in [2.05, 4.69) is 5.32 Å². The van der Waals surface area contributed by atoms with Gasteiger partial charge in [0.05, 0.1) is 6.04 Å². The number of carbonyl (C=O) groups excluding carboxylic acids is 1. The van der Waals surface area contributed by atoms with E-state index < -0.39 is 6.10 Å². The number of rotatable bonds is 6. The van der Waals surface area contributed by atoms with Crippen LogP contribution in [-0.2, 0) is 4.79 Å². The van der Waals surface area contributed by atoms with Gasteiger partial charge in [-0.15, -0.1) is 0 Å². The molecule has 0 unspecified atom stereocenters. The highest BCUT2D eigenvalue weighted by molar-refractivity contribution is 6.30. The fourth-order valence-electron chi connectivity index (χ4n) is 2.27. The quantitative estimate of drug-likeness (QED) is 0.834. The SMILES string of the molecule is CC[C@H](Oc1cccc(Cl)c1)C(=O)N[C@@H](C)c1ccc(C)cc1. The number of nitrogens with one attached hydrogen (secondary N) is 1. The molecule has 1 N–H and O–H groups in total. The summed E-state index contributed by atoms with van der Waals surface area (Å²) >= 11 is 5.95. The van der Waals surface area contributed by atoms with Gasteiger partial charge in [-0.1, -0.05) is 54.4 Å². The smallest absolute Gasteiger partial charge is 0.261 e. The van der Waals surface area contributed by atoms with Crippen molar-refractivity contribution >= 4 is 17.5 Å². The molecule has 0 bridgehead atoms. The number of aryl methyl sites for hydroxylation is 1. The van der Waals surface area contributed by atoms with Crippen molar-refractivity contribution in [2.75, 3.05) is 0 Å². The Labute approximate surface area is 142 Å². The minimum atomic E-state index is -0.540. The molecule has 4 heteroatoms. The van der Waals surface area contributed by atoms with E-state index in [4.69, 9.17) is 16.3 Å². The highest BCUT2D eigenvalue weighted by Gasteiger charge is 2.20. The molecular formula is C19H22ClNO2. The van der Waals surface area contributed by atoms with Crippen LogP contribution in [0.5, 0.6) is 5.75 Å². The van der Waals surface area contributed by atoms with Gasteiger partial charge in [0.25, 0.3) is 5.91 Å². The molecule has 2 rings (SSSR count). The van der Waals surface area contributed by atoms with Gasteiger partial charge in [0, 0.05) is 5.02 Å². The van der Waals surface area contributed by atoms with Gasteiger partial charge >= 0.3 is 0 Å². The van der Waals surface area contributed by atoms with Crippen molar-refractivity contribution in [1.82, 2.24) is 5.32 Å². The van der Waals surface area contributed by atoms with Gasteiger partial charge in [-0.25, -0.2) is 0 Å². The summed E-state index contributed by atoms with van der Waals surface area (Å²) in [7, 11) is 0. The van der Waals surface area contributed by atoms with Gasteiger partial charge in [0.2, 0.25) is 0 Å². The van der Waals surface area contributed by atoms with E-state index in [1.807, 2.05) is 45.0 Å². The van der Waals surface area contributed by atoms with Gasteiger partial charge in [-0.05, 0) is 44.0 Å². The molecule has 3 nitrogen and oxygen atoms in total. The summed E-state index contributed by atoms with van der Waals surface area (Å²) in [6.45, 7) is 5.93. The number of hydrogen-bond donors (Lipinski definition) is 1. The first kappa shape index (κ1) is 17.4. The average molecular weight is 332 g/mol. The van der Waals surface area contributed by atoms with Crippen molar-refractivity contribution in [3.8, 4) is 5.75 Å². The molecule has 1 amide bonds. The van der Waals surface area contributed by atoms with E-state index in [9.17, 15) is 4.79 Å². The predicted octanol–water partition coefficient (Wildman–Crippen LogP) is 4.68. The van der Waals surface area contributed by atoms with Crippen LogP contribution < -0.4 is 10.1 Å². The van der Waals surface area contributed by atoms with Gasteiger partial charge < -0.3 is 10.1 Å². The second kappa shape index (κ2) is 8.02. The van der Waals surface area contributed by atoms with E-state index in [-0.39, 0.29) is 11.9 Å². The van der Waals surface area contributed by atoms with Crippen LogP contribution in [-0.4, -0.2) is 12.0 Å². The van der Waals surface area contributed by atoms with Crippen molar-refractivity contribution in [2.45, 2.75) is 39.3 Å². The number of halogens is 1. The summed E-state index contributed by atoms with van der Waals surface area (Å²) < 4.78 is 5.77. The first-order chi connectivity index (χ1) is 11.0. The fraction of sp³-hybridized carbons (Fsp3) is 0.316. The van der Waals surface area contributed by atoms with Crippen molar-refractivity contribution in [3.05, 3.63) is 64.7 Å². The lowest BCUT2D eigenvalue weighted by Gasteiger charge is -2.21. The van der Waals surface area contributed by atoms with Crippen LogP contribution in [0, 0.1) is 6.92 Å². The lowest BCUT2D eigenvalue weighted by atomic mass is 10.1. The maximum absolute atomic E-state index is 12.4. The Hall–Kier alpha value is -2.00. The van der Waals surface area contributed by atoms with Crippen molar-refractivity contribution in [3.63, 3.8) is 0 Å². The minimum Gasteiger partial charge on any atom is -0.481 e. The molecule has 0 saturated heterocycles. The third-order valence-electron chi connectivity index (χ3n) is 3.67. The summed E-state index contributed by atoms with van der Waals surface area (Å²) in [5, 5.41) is 3.59. The van der Waals surface area contributed by atoms with E-state index in [0.717, 1.165) is 5.56 Å². The van der Waals surface area contributed by atoms with E-state index in [1.54, 1.807) is 24.3 Å². The first-order valence-corrected chi connectivity index (χ1v) is 8.16. The van der Waals surface area contributed by atoms with Crippen LogP contribution >= 0.6 is 11.6 Å². The third kappa shape index (κ3) is 5.00. The monoisotopic (exact) mass is 331 g/mol. The van der Waals surface area contributed by atoms with Crippen molar-refractivity contribution in [1.29, 1.82) is 0 Å². The molecule has 23 heavy (non-hydrogen) atoms. The molecule has 0 aliphatic heterocycles. The number of carbonyl (C=O) groups is 1. The molecule has 122 valence electrons. The predicted molar refractivity (Wildman–Crippen MR) is 93.9 cm³/mol. The van der Waals surface area contributed by atoms with Gasteiger partial charge in [-0.2, -0.15) is 0 Å². The van der Waals surface area contributed by atoms with Crippen LogP contribution in [0.25, 0.3) is 0 Å². The highest BCUT2D eigenvalue weighted by atomic mass is 35.5. The standard InChI is InChI=1S/C19H22ClNO2/c1-4-18(23-17-7-5-6-16(20)12-17)19(22)21-14(3)15-10-8-13(2)9-11-15/h5-12,14,18H,4H2,1-3H3,(H,21,22)/t14-,18-/m0/s1. The highest BCUT2D eigenvalue weighted by Crippen LogP contribution is 2.20. The fourth-order valence-corrected chi connectivity index (χ4v) is 2.45. The Morgan fingerprint density at radius 2 is 1.91 bits per heavy atom. The number of amides is 1. The Bertz CT molecular complexity index is 655. The number of ether oxygens (including phenoxy) is 1. The molecule has 0 aliphatic carbocycles. The van der Waals surface area contributed by atoms with Crippen molar-refractivity contribution in [2.24, 2.45) is 0 Å². The number of hydrogen-bond acceptors (Lipinski definition) is 2.